The maximum atomic E-state index is 4.93. The molecule has 5 aromatic rings. The Bertz CT molecular complexity index is 1640. The number of aryl methyl sites for hydroxylation is 2. The first kappa shape index (κ1) is 36.0. The summed E-state index contributed by atoms with van der Waals surface area (Å²) in [4.78, 5) is 0. The zero-order valence-electron chi connectivity index (χ0n) is 28.2. The second-order valence-corrected chi connectivity index (χ2v) is 18.9. The summed E-state index contributed by atoms with van der Waals surface area (Å²) in [5.74, 6) is 0. The number of hydrogen-bond acceptors (Lipinski definition) is 0. The van der Waals surface area contributed by atoms with Gasteiger partial charge in [0, 0.05) is 0 Å². The van der Waals surface area contributed by atoms with Crippen LogP contribution in [0.25, 0.3) is 33.0 Å². The fourth-order valence-electron chi connectivity index (χ4n) is 5.91. The molecule has 0 nitrogen and oxygen atoms in total. The molecule has 4 heteroatoms. The summed E-state index contributed by atoms with van der Waals surface area (Å²) in [5, 5.41) is 5.65. The molecule has 0 spiro atoms. The van der Waals surface area contributed by atoms with Crippen molar-refractivity contribution >= 4 is 47.7 Å². The number of halogens is 2. The van der Waals surface area contributed by atoms with E-state index in [1.807, 2.05) is 6.07 Å². The Hall–Kier alpha value is -1.83. The molecule has 0 saturated heterocycles. The predicted molar refractivity (Wildman–Crippen MR) is 198 cm³/mol. The van der Waals surface area contributed by atoms with Crippen LogP contribution in [0, 0.1) is 6.07 Å². The third kappa shape index (κ3) is 8.96. The second-order valence-electron chi connectivity index (χ2n) is 13.9. The van der Waals surface area contributed by atoms with Crippen LogP contribution >= 0.6 is 17.0 Å². The van der Waals surface area contributed by atoms with Crippen LogP contribution in [0.2, 0.25) is 0 Å². The number of unbranched alkanes of at least 4 members (excludes halogenated alkanes) is 1. The van der Waals surface area contributed by atoms with Gasteiger partial charge in [-0.1, -0.05) is 133 Å². The Kier molecular flexibility index (Phi) is 12.7. The summed E-state index contributed by atoms with van der Waals surface area (Å²) in [6.07, 6.45) is 4.75. The molecule has 1 aliphatic heterocycles. The molecular formula is C41H46Cl2SiZr. The van der Waals surface area contributed by atoms with Crippen molar-refractivity contribution in [1.82, 2.24) is 0 Å². The van der Waals surface area contributed by atoms with Gasteiger partial charge in [-0.25, -0.2) is 0 Å². The molecule has 0 aromatic heterocycles. The van der Waals surface area contributed by atoms with E-state index >= 15 is 0 Å². The summed E-state index contributed by atoms with van der Waals surface area (Å²) in [7, 11) is 10.7. The number of benzene rings is 4. The summed E-state index contributed by atoms with van der Waals surface area (Å²) in [6.45, 7) is 18.5. The minimum absolute atomic E-state index is 0.134. The molecule has 1 heterocycles. The molecule has 0 saturated carbocycles. The third-order valence-corrected chi connectivity index (χ3v) is 9.89. The van der Waals surface area contributed by atoms with Crippen LogP contribution in [0.1, 0.15) is 90.5 Å². The smallest absolute Gasteiger partial charge is 0.0920 e. The van der Waals surface area contributed by atoms with Gasteiger partial charge >= 0.3 is 37.9 Å². The monoisotopic (exact) mass is 726 g/mol. The number of hydrogen-bond donors (Lipinski definition) is 0. The second kappa shape index (κ2) is 15.8. The van der Waals surface area contributed by atoms with Crippen molar-refractivity contribution in [2.75, 3.05) is 0 Å². The largest absolute Gasteiger partial charge is 0.184 e. The molecule has 6 rings (SSSR count). The fraction of sp³-hybridized carbons (Fsp3) is 0.341. The molecule has 1 aliphatic rings. The van der Waals surface area contributed by atoms with Crippen LogP contribution < -0.4 is 10.4 Å². The van der Waals surface area contributed by atoms with Crippen LogP contribution in [0.4, 0.5) is 0 Å². The molecule has 0 atom stereocenters. The number of fused-ring (bicyclic) bond motifs is 4. The normalized spacial score (nSPS) is 12.0. The zero-order valence-corrected chi connectivity index (χ0v) is 33.1. The summed E-state index contributed by atoms with van der Waals surface area (Å²) in [5.41, 5.74) is 11.7. The van der Waals surface area contributed by atoms with E-state index in [2.05, 4.69) is 140 Å². The topological polar surface area (TPSA) is 0 Å². The van der Waals surface area contributed by atoms with Gasteiger partial charge in [-0.15, -0.1) is 40.1 Å². The molecule has 0 fully saturated rings. The van der Waals surface area contributed by atoms with Crippen molar-refractivity contribution in [3.05, 3.63) is 113 Å². The quantitative estimate of drug-likeness (QED) is 0.122. The van der Waals surface area contributed by atoms with Crippen LogP contribution in [0.5, 0.6) is 0 Å². The Morgan fingerprint density at radius 3 is 2.07 bits per heavy atom. The van der Waals surface area contributed by atoms with Gasteiger partial charge in [0.2, 0.25) is 0 Å². The molecule has 232 valence electrons. The van der Waals surface area contributed by atoms with Crippen molar-refractivity contribution in [3.63, 3.8) is 0 Å². The molecule has 5 aromatic carbocycles. The van der Waals surface area contributed by atoms with E-state index in [0.29, 0.717) is 0 Å². The van der Waals surface area contributed by atoms with Gasteiger partial charge in [0.25, 0.3) is 0 Å². The van der Waals surface area contributed by atoms with Crippen LogP contribution in [-0.2, 0) is 44.5 Å². The molecule has 45 heavy (non-hydrogen) atoms. The molecular weight excluding hydrogens is 683 g/mol. The Labute approximate surface area is 293 Å². The number of rotatable bonds is 5. The first-order chi connectivity index (χ1) is 21.4. The van der Waals surface area contributed by atoms with Crippen molar-refractivity contribution in [2.45, 2.75) is 91.9 Å². The van der Waals surface area contributed by atoms with Crippen LogP contribution in [0.3, 0.4) is 0 Å². The van der Waals surface area contributed by atoms with E-state index in [4.69, 9.17) is 17.0 Å². The molecule has 0 unspecified atom stereocenters. The van der Waals surface area contributed by atoms with E-state index < -0.39 is 20.8 Å². The van der Waals surface area contributed by atoms with Gasteiger partial charge in [-0.3, -0.25) is 0 Å². The van der Waals surface area contributed by atoms with Gasteiger partial charge in [0.15, 0.2) is 0 Å². The molecule has 0 amide bonds. The fourth-order valence-corrected chi connectivity index (χ4v) is 7.22. The van der Waals surface area contributed by atoms with Gasteiger partial charge < -0.3 is 0 Å². The van der Waals surface area contributed by atoms with Crippen LogP contribution in [-0.4, -0.2) is 9.52 Å². The molecule has 0 bridgehead atoms. The van der Waals surface area contributed by atoms with Gasteiger partial charge in [0.1, 0.15) is 0 Å². The minimum Gasteiger partial charge on any atom is -0.184 e. The first-order valence-electron chi connectivity index (χ1n) is 16.1. The first-order valence-corrected chi connectivity index (χ1v) is 23.4. The minimum atomic E-state index is -0.826. The standard InChI is InChI=1S/C29H39.C12H7Si.2ClH.Zr/c1-9-11-12-20-15-22-14-13-21(10-2)27(26(22)16-20)23-17-24(28(3,4)5)19-25(18-23)29(6,7)8;1-3-7-11-9(5-1)10-6-2-4-8-12(10)13-11;;;/h13-19H,9-12H2,1-8H3;1-7H;2*1H;/q2*-1;;;+4/p-2. The molecule has 0 aliphatic carbocycles. The average molecular weight is 729 g/mol. The Morgan fingerprint density at radius 2 is 1.44 bits per heavy atom. The van der Waals surface area contributed by atoms with Crippen molar-refractivity contribution in [2.24, 2.45) is 0 Å². The molecule has 2 radical (unpaired) electrons. The van der Waals surface area contributed by atoms with Crippen LogP contribution in [0.15, 0.2) is 84.9 Å². The van der Waals surface area contributed by atoms with Crippen molar-refractivity contribution in [3.8, 4) is 22.3 Å². The predicted octanol–water partition coefficient (Wildman–Crippen LogP) is 11.2. The van der Waals surface area contributed by atoms with E-state index in [1.54, 1.807) is 0 Å². The molecule has 0 N–H and O–H groups in total. The van der Waals surface area contributed by atoms with Gasteiger partial charge in [-0.05, 0) is 40.4 Å². The summed E-state index contributed by atoms with van der Waals surface area (Å²) in [6, 6.07) is 35.0. The van der Waals surface area contributed by atoms with E-state index in [0.717, 1.165) is 15.9 Å². The van der Waals surface area contributed by atoms with Gasteiger partial charge in [-0.2, -0.15) is 35.5 Å². The Morgan fingerprint density at radius 1 is 0.800 bits per heavy atom. The SMILES string of the molecule is CCCCc1cc2c(-c3cc(C(C)(C)C)cc(C(C)(C)C)c3)c(CC)ccc2[cH-]1.[Cl][Zr+2][Cl].[c-]1cccc2c1[Si]c1ccccc1-2. The average Bonchev–Trinajstić information content (AvgIpc) is 3.60. The summed E-state index contributed by atoms with van der Waals surface area (Å²) >= 11 is -0.826. The van der Waals surface area contributed by atoms with E-state index in [1.165, 1.54) is 84.9 Å². The maximum Gasteiger partial charge on any atom is 0.0920 e. The van der Waals surface area contributed by atoms with Crippen molar-refractivity contribution < 1.29 is 20.8 Å². The van der Waals surface area contributed by atoms with Gasteiger partial charge in [0.05, 0.1) is 9.52 Å². The zero-order chi connectivity index (χ0) is 32.8. The van der Waals surface area contributed by atoms with Crippen molar-refractivity contribution in [1.29, 1.82) is 0 Å². The van der Waals surface area contributed by atoms with E-state index in [-0.39, 0.29) is 10.8 Å². The van der Waals surface area contributed by atoms with E-state index in [9.17, 15) is 0 Å². The third-order valence-electron chi connectivity index (χ3n) is 8.52. The summed E-state index contributed by atoms with van der Waals surface area (Å²) < 4.78 is 0. The Balaban J connectivity index is 0.000000236. The maximum absolute atomic E-state index is 4.93.